The van der Waals surface area contributed by atoms with Crippen molar-refractivity contribution in [3.05, 3.63) is 94.1 Å². The van der Waals surface area contributed by atoms with Gasteiger partial charge in [0.15, 0.2) is 16.7 Å². The van der Waals surface area contributed by atoms with Crippen molar-refractivity contribution in [3.63, 3.8) is 0 Å². The van der Waals surface area contributed by atoms with Crippen molar-refractivity contribution in [2.75, 3.05) is 49.4 Å². The number of aliphatic hydroxyl groups is 1. The number of aliphatic hydroxyl groups excluding tert-OH is 1. The zero-order chi connectivity index (χ0) is 49.3. The molecule has 2 fully saturated rings. The van der Waals surface area contributed by atoms with Gasteiger partial charge in [-0.25, -0.2) is 8.78 Å². The van der Waals surface area contributed by atoms with Gasteiger partial charge in [0.2, 0.25) is 17.7 Å². The number of nitrogens with zero attached hydrogens (tertiary/aromatic N) is 5. The Kier molecular flexibility index (Phi) is 17.2. The first-order chi connectivity index (χ1) is 32.3. The minimum Gasteiger partial charge on any atom is -0.491 e. The van der Waals surface area contributed by atoms with Crippen molar-refractivity contribution in [2.24, 2.45) is 5.41 Å². The summed E-state index contributed by atoms with van der Waals surface area (Å²) in [5, 5.41) is 25.6. The second-order valence-electron chi connectivity index (χ2n) is 17.9. The van der Waals surface area contributed by atoms with E-state index in [0.29, 0.717) is 59.9 Å². The van der Waals surface area contributed by atoms with Crippen molar-refractivity contribution in [3.8, 4) is 22.3 Å². The predicted molar refractivity (Wildman–Crippen MR) is 257 cm³/mol. The van der Waals surface area contributed by atoms with E-state index < -0.39 is 58.5 Å². The number of carbonyl (C=O) groups excluding carboxylic acids is 4. The number of hydrogen-bond donors (Lipinski definition) is 3. The Labute approximate surface area is 408 Å². The number of β-amino-alcohol motifs (C(OH)–C–C–N with tert-alkyl or cyclic N) is 1. The highest BCUT2D eigenvalue weighted by molar-refractivity contribution is 7.81. The fourth-order valence-corrected chi connectivity index (χ4v) is 9.19. The Hall–Kier alpha value is -5.62. The Morgan fingerprint density at radius 2 is 1.74 bits per heavy atom. The van der Waals surface area contributed by atoms with Crippen molar-refractivity contribution < 1.29 is 47.3 Å². The van der Waals surface area contributed by atoms with E-state index in [1.165, 1.54) is 51.5 Å². The number of carbonyl (C=O) groups is 4. The number of likely N-dealkylation sites (tertiary alicyclic amines) is 1. The standard InChI is InChI=1S/C48H54ClF2N7O8S2/c1-47(2,3)42(44(62)56-26-33(59)22-38(56)43(61)54-24-29-9-13-34(36(50)19-29)40-25-53-28-68-40)55-41(60)27-65-17-8-16-64-15-6-7-18-66-39-14-12-32(21-37(39)51)58-46(67)57(45(63)48(58,4)5)31-11-10-30(23-52)35(49)20-31/h9-14,19-21,25,28,33,38,42,59H,6-8,15-18,22,24,26-27H2,1-5H3,(H,54,61)(H,55,60)/t33-,38+,42-/m1/s1. The number of ether oxygens (including phenoxy) is 3. The molecule has 15 nitrogen and oxygen atoms in total. The molecule has 0 saturated carbocycles. The summed E-state index contributed by atoms with van der Waals surface area (Å²) in [6, 6.07) is 13.6. The normalized spacial score (nSPS) is 17.3. The molecule has 0 spiro atoms. The van der Waals surface area contributed by atoms with Gasteiger partial charge in [0, 0.05) is 62.8 Å². The van der Waals surface area contributed by atoms with Crippen LogP contribution in [0.2, 0.25) is 5.02 Å². The smallest absolute Gasteiger partial charge is 0.259 e. The predicted octanol–water partition coefficient (Wildman–Crippen LogP) is 6.92. The zero-order valence-electron chi connectivity index (χ0n) is 38.4. The van der Waals surface area contributed by atoms with Crippen LogP contribution in [0, 0.1) is 28.4 Å². The largest absolute Gasteiger partial charge is 0.491 e. The van der Waals surface area contributed by atoms with Crippen LogP contribution in [-0.2, 0) is 35.2 Å². The number of nitriles is 1. The lowest BCUT2D eigenvalue weighted by Crippen LogP contribution is -2.58. The first-order valence-corrected chi connectivity index (χ1v) is 23.7. The number of amides is 4. The number of hydrogen-bond acceptors (Lipinski definition) is 12. The summed E-state index contributed by atoms with van der Waals surface area (Å²) in [6.07, 6.45) is 2.35. The molecule has 0 unspecified atom stereocenters. The van der Waals surface area contributed by atoms with Crippen LogP contribution in [0.3, 0.4) is 0 Å². The number of halogens is 3. The second-order valence-corrected chi connectivity index (χ2v) is 19.6. The van der Waals surface area contributed by atoms with E-state index in [0.717, 1.165) is 0 Å². The van der Waals surface area contributed by atoms with Crippen LogP contribution >= 0.6 is 35.2 Å². The van der Waals surface area contributed by atoms with E-state index in [1.54, 1.807) is 75.5 Å². The van der Waals surface area contributed by atoms with Crippen molar-refractivity contribution in [2.45, 2.75) is 90.6 Å². The third-order valence-electron chi connectivity index (χ3n) is 11.4. The number of rotatable bonds is 20. The molecule has 0 aliphatic carbocycles. The molecule has 4 amide bonds. The Bertz CT molecular complexity index is 2540. The molecule has 2 aliphatic rings. The molecule has 0 bridgehead atoms. The van der Waals surface area contributed by atoms with E-state index in [2.05, 4.69) is 15.6 Å². The molecule has 3 heterocycles. The van der Waals surface area contributed by atoms with Crippen molar-refractivity contribution in [1.82, 2.24) is 20.5 Å². The summed E-state index contributed by atoms with van der Waals surface area (Å²) in [7, 11) is 0. The van der Waals surface area contributed by atoms with Gasteiger partial charge < -0.3 is 39.8 Å². The van der Waals surface area contributed by atoms with Crippen LogP contribution in [0.15, 0.2) is 66.3 Å². The van der Waals surface area contributed by atoms with Crippen LogP contribution in [-0.4, -0.2) is 107 Å². The number of nitrogens with one attached hydrogen (secondary N) is 2. The molecule has 3 aromatic carbocycles. The lowest BCUT2D eigenvalue weighted by atomic mass is 9.85. The Balaban J connectivity index is 0.872. The van der Waals surface area contributed by atoms with Gasteiger partial charge in [-0.2, -0.15) is 5.26 Å². The second kappa shape index (κ2) is 22.7. The fraction of sp³-hybridized carbons (Fsp3) is 0.438. The number of anilines is 2. The molecule has 4 aromatic rings. The molecule has 6 rings (SSSR count). The molecular formula is C48H54ClF2N7O8S2. The van der Waals surface area contributed by atoms with Crippen LogP contribution in [0.25, 0.3) is 10.4 Å². The maximum absolute atomic E-state index is 15.3. The average Bonchev–Trinajstić information content (AvgIpc) is 4.01. The summed E-state index contributed by atoms with van der Waals surface area (Å²) >= 11 is 13.2. The fourth-order valence-electron chi connectivity index (χ4n) is 7.80. The monoisotopic (exact) mass is 993 g/mol. The minimum absolute atomic E-state index is 0.00644. The van der Waals surface area contributed by atoms with Gasteiger partial charge in [-0.15, -0.1) is 11.3 Å². The van der Waals surface area contributed by atoms with E-state index >= 15 is 4.39 Å². The van der Waals surface area contributed by atoms with Gasteiger partial charge in [0.25, 0.3) is 5.91 Å². The highest BCUT2D eigenvalue weighted by atomic mass is 35.5. The average molecular weight is 995 g/mol. The van der Waals surface area contributed by atoms with E-state index in [1.807, 2.05) is 6.07 Å². The number of thiazole rings is 1. The van der Waals surface area contributed by atoms with Crippen LogP contribution in [0.4, 0.5) is 20.2 Å². The van der Waals surface area contributed by atoms with Gasteiger partial charge in [-0.3, -0.25) is 29.1 Å². The number of thiocarbonyl (C=S) groups is 1. The zero-order valence-corrected chi connectivity index (χ0v) is 40.7. The summed E-state index contributed by atoms with van der Waals surface area (Å²) in [5.41, 5.74) is 1.64. The first kappa shape index (κ1) is 51.8. The van der Waals surface area contributed by atoms with Gasteiger partial charge in [0.1, 0.15) is 36.1 Å². The molecule has 2 aliphatic heterocycles. The van der Waals surface area contributed by atoms with Crippen LogP contribution < -0.4 is 25.2 Å². The molecule has 362 valence electrons. The quantitative estimate of drug-likeness (QED) is 0.0614. The first-order valence-electron chi connectivity index (χ1n) is 22.0. The highest BCUT2D eigenvalue weighted by Crippen LogP contribution is 2.39. The van der Waals surface area contributed by atoms with Gasteiger partial charge in [0.05, 0.1) is 39.4 Å². The molecule has 2 saturated heterocycles. The Morgan fingerprint density at radius 3 is 2.41 bits per heavy atom. The van der Waals surface area contributed by atoms with Crippen molar-refractivity contribution >= 4 is 75.3 Å². The molecule has 20 heteroatoms. The number of unbranched alkanes of at least 4 members (excludes halogenated alkanes) is 1. The van der Waals surface area contributed by atoms with Crippen LogP contribution in [0.5, 0.6) is 5.75 Å². The summed E-state index contributed by atoms with van der Waals surface area (Å²) in [6.45, 7) is 9.55. The SMILES string of the molecule is CC(C)(C)[C@H](NC(=O)COCCCOCCCCOc1ccc(N2C(=S)N(c3ccc(C#N)c(Cl)c3)C(=O)C2(C)C)cc1F)C(=O)N1C[C@H](O)C[C@H]1C(=O)NCc1ccc(-c2cncs2)c(F)c1. The molecular weight excluding hydrogens is 940 g/mol. The molecule has 0 radical (unpaired) electrons. The summed E-state index contributed by atoms with van der Waals surface area (Å²) in [5.74, 6) is -2.92. The summed E-state index contributed by atoms with van der Waals surface area (Å²) < 4.78 is 47.1. The third kappa shape index (κ3) is 12.3. The van der Waals surface area contributed by atoms with Gasteiger partial charge in [-0.05, 0) is 92.7 Å². The minimum atomic E-state index is -1.15. The van der Waals surface area contributed by atoms with E-state index in [-0.39, 0.29) is 66.7 Å². The van der Waals surface area contributed by atoms with E-state index in [9.17, 15) is 33.9 Å². The molecule has 3 atom stereocenters. The molecule has 1 aromatic heterocycles. The van der Waals surface area contributed by atoms with Crippen molar-refractivity contribution in [1.29, 1.82) is 5.26 Å². The molecule has 3 N–H and O–H groups in total. The Morgan fingerprint density at radius 1 is 1.01 bits per heavy atom. The maximum atomic E-state index is 15.3. The molecule has 68 heavy (non-hydrogen) atoms. The highest BCUT2D eigenvalue weighted by Gasteiger charge is 2.50. The third-order valence-corrected chi connectivity index (χ3v) is 12.9. The lowest BCUT2D eigenvalue weighted by Gasteiger charge is -2.35. The van der Waals surface area contributed by atoms with Gasteiger partial charge in [-0.1, -0.05) is 44.5 Å². The van der Waals surface area contributed by atoms with Crippen LogP contribution in [0.1, 0.15) is 71.4 Å². The lowest BCUT2D eigenvalue weighted by molar-refractivity contribution is -0.144. The summed E-state index contributed by atoms with van der Waals surface area (Å²) in [4.78, 5) is 62.6. The maximum Gasteiger partial charge on any atom is 0.259 e. The van der Waals surface area contributed by atoms with E-state index in [4.69, 9.17) is 38.0 Å². The topological polar surface area (TPSA) is 187 Å². The number of aromatic nitrogens is 1. The van der Waals surface area contributed by atoms with Gasteiger partial charge >= 0.3 is 0 Å². The number of benzene rings is 3.